The van der Waals surface area contributed by atoms with Crippen LogP contribution in [0.15, 0.2) is 48.0 Å². The van der Waals surface area contributed by atoms with Gasteiger partial charge in [0.1, 0.15) is 29.4 Å². The molecule has 31 heavy (non-hydrogen) atoms. The zero-order valence-corrected chi connectivity index (χ0v) is 16.5. The number of benzene rings is 2. The Kier molecular flexibility index (Phi) is 6.20. The Labute approximate surface area is 176 Å². The summed E-state index contributed by atoms with van der Waals surface area (Å²) >= 11 is 0. The molecule has 1 aliphatic heterocycles. The summed E-state index contributed by atoms with van der Waals surface area (Å²) < 4.78 is 15.5. The van der Waals surface area contributed by atoms with Gasteiger partial charge >= 0.3 is 6.03 Å². The van der Waals surface area contributed by atoms with Gasteiger partial charge in [-0.05, 0) is 24.3 Å². The van der Waals surface area contributed by atoms with Crippen LogP contribution in [0.2, 0.25) is 0 Å². The van der Waals surface area contributed by atoms with Gasteiger partial charge in [0.05, 0.1) is 25.9 Å². The first kappa shape index (κ1) is 21.4. The lowest BCUT2D eigenvalue weighted by molar-refractivity contribution is -0.307. The van der Waals surface area contributed by atoms with E-state index in [9.17, 15) is 24.3 Å². The van der Waals surface area contributed by atoms with Crippen LogP contribution in [0.5, 0.6) is 17.2 Å². The van der Waals surface area contributed by atoms with Crippen LogP contribution in [0.3, 0.4) is 0 Å². The van der Waals surface area contributed by atoms with E-state index in [0.29, 0.717) is 5.75 Å². The van der Waals surface area contributed by atoms with E-state index in [1.54, 1.807) is 18.2 Å². The zero-order valence-electron chi connectivity index (χ0n) is 16.5. The number of methoxy groups -OCH3 is 2. The highest BCUT2D eigenvalue weighted by molar-refractivity contribution is 6.39. The minimum atomic E-state index is -1.43. The molecule has 0 spiro atoms. The number of anilines is 1. The molecule has 0 aliphatic carbocycles. The van der Waals surface area contributed by atoms with Crippen molar-refractivity contribution in [1.82, 2.24) is 5.32 Å². The Morgan fingerprint density at radius 1 is 1.06 bits per heavy atom. The van der Waals surface area contributed by atoms with Gasteiger partial charge in [-0.3, -0.25) is 14.9 Å². The molecule has 2 aromatic carbocycles. The number of amides is 4. The second-order valence-electron chi connectivity index (χ2n) is 6.19. The third-order valence-corrected chi connectivity index (χ3v) is 4.29. The number of barbiturate groups is 1. The quantitative estimate of drug-likeness (QED) is 0.501. The van der Waals surface area contributed by atoms with Gasteiger partial charge in [0.15, 0.2) is 0 Å². The molecule has 10 heteroatoms. The highest BCUT2D eigenvalue weighted by Crippen LogP contribution is 2.34. The molecule has 0 saturated carbocycles. The Hall–Kier alpha value is -4.34. The first-order valence-electron chi connectivity index (χ1n) is 8.91. The summed E-state index contributed by atoms with van der Waals surface area (Å²) in [6, 6.07) is 9.74. The van der Waals surface area contributed by atoms with Gasteiger partial charge in [-0.25, -0.2) is 9.69 Å². The molecule has 10 nitrogen and oxygen atoms in total. The van der Waals surface area contributed by atoms with Crippen molar-refractivity contribution in [3.63, 3.8) is 0 Å². The average molecular weight is 425 g/mol. The maximum absolute atomic E-state index is 13.1. The van der Waals surface area contributed by atoms with Gasteiger partial charge < -0.3 is 24.1 Å². The predicted octanol–water partition coefficient (Wildman–Crippen LogP) is 0.499. The number of nitrogens with zero attached hydrogens (tertiary/aromatic N) is 1. The lowest BCUT2D eigenvalue weighted by Gasteiger charge is -2.27. The minimum absolute atomic E-state index is 0.0734. The molecule has 1 N–H and O–H groups in total. The van der Waals surface area contributed by atoms with E-state index >= 15 is 0 Å². The molecule has 1 aliphatic rings. The van der Waals surface area contributed by atoms with Crippen molar-refractivity contribution in [2.24, 2.45) is 0 Å². The second-order valence-corrected chi connectivity index (χ2v) is 6.19. The van der Waals surface area contributed by atoms with Crippen LogP contribution in [0.4, 0.5) is 10.5 Å². The van der Waals surface area contributed by atoms with Gasteiger partial charge in [0, 0.05) is 11.6 Å². The summed E-state index contributed by atoms with van der Waals surface area (Å²) in [5.74, 6) is -2.58. The summed E-state index contributed by atoms with van der Waals surface area (Å²) in [5.41, 5.74) is -0.0348. The van der Waals surface area contributed by atoms with Crippen molar-refractivity contribution < 1.29 is 38.5 Å². The first-order chi connectivity index (χ1) is 14.8. The van der Waals surface area contributed by atoms with Gasteiger partial charge in [0.2, 0.25) is 0 Å². The molecular formula is C21H17N2O8-. The Morgan fingerprint density at radius 2 is 1.81 bits per heavy atom. The van der Waals surface area contributed by atoms with E-state index < -0.39 is 30.4 Å². The molecule has 0 bridgehead atoms. The molecule has 0 aromatic heterocycles. The number of hydrogen-bond donors (Lipinski definition) is 1. The monoisotopic (exact) mass is 425 g/mol. The van der Waals surface area contributed by atoms with E-state index in [0.717, 1.165) is 4.90 Å². The third kappa shape index (κ3) is 4.47. The molecule has 160 valence electrons. The summed E-state index contributed by atoms with van der Waals surface area (Å²) in [4.78, 5) is 49.5. The van der Waals surface area contributed by atoms with E-state index in [4.69, 9.17) is 14.2 Å². The fourth-order valence-electron chi connectivity index (χ4n) is 2.87. The zero-order chi connectivity index (χ0) is 22.5. The van der Waals surface area contributed by atoms with Crippen LogP contribution in [-0.4, -0.2) is 44.6 Å². The standard InChI is InChI=1S/C21H18N2O8/c1-29-13-7-8-17(30-2)15(10-13)23-20(27)14(19(26)22-21(23)28)9-12-5-3-4-6-16(12)31-11-18(24)25/h3-10H,11H2,1-2H3,(H,24,25)(H,22,26,28)/p-1/b14-9-. The van der Waals surface area contributed by atoms with Gasteiger partial charge in [-0.2, -0.15) is 0 Å². The van der Waals surface area contributed by atoms with Crippen LogP contribution in [0, 0.1) is 0 Å². The Balaban J connectivity index is 2.05. The number of carbonyl (C=O) groups excluding carboxylic acids is 4. The number of carboxylic acid groups (broad SMARTS) is 1. The maximum atomic E-state index is 13.1. The van der Waals surface area contributed by atoms with Crippen molar-refractivity contribution in [2.75, 3.05) is 25.7 Å². The van der Waals surface area contributed by atoms with E-state index in [1.165, 1.54) is 44.6 Å². The second kappa shape index (κ2) is 8.99. The summed E-state index contributed by atoms with van der Waals surface area (Å²) in [6.45, 7) is -0.716. The van der Waals surface area contributed by atoms with Crippen LogP contribution in [-0.2, 0) is 14.4 Å². The van der Waals surface area contributed by atoms with Crippen LogP contribution < -0.4 is 29.5 Å². The van der Waals surface area contributed by atoms with Crippen molar-refractivity contribution >= 4 is 35.6 Å². The van der Waals surface area contributed by atoms with Crippen molar-refractivity contribution in [3.8, 4) is 17.2 Å². The normalized spacial score (nSPS) is 15.0. The van der Waals surface area contributed by atoms with Crippen molar-refractivity contribution in [3.05, 3.63) is 53.6 Å². The third-order valence-electron chi connectivity index (χ3n) is 4.29. The number of urea groups is 1. The molecule has 0 atom stereocenters. The molecule has 1 fully saturated rings. The smallest absolute Gasteiger partial charge is 0.336 e. The molecule has 1 saturated heterocycles. The number of rotatable bonds is 7. The minimum Gasteiger partial charge on any atom is -0.546 e. The number of hydrogen-bond acceptors (Lipinski definition) is 8. The lowest BCUT2D eigenvalue weighted by Crippen LogP contribution is -2.54. The molecule has 4 amide bonds. The van der Waals surface area contributed by atoms with Crippen LogP contribution >= 0.6 is 0 Å². The Bertz CT molecular complexity index is 1090. The molecule has 1 heterocycles. The number of carbonyl (C=O) groups is 4. The fraction of sp³-hybridized carbons (Fsp3) is 0.143. The highest BCUT2D eigenvalue weighted by Gasteiger charge is 2.38. The number of imide groups is 2. The molecule has 3 rings (SSSR count). The lowest BCUT2D eigenvalue weighted by atomic mass is 10.1. The number of carboxylic acids is 1. The number of nitrogens with one attached hydrogen (secondary N) is 1. The number of ether oxygens (including phenoxy) is 3. The van der Waals surface area contributed by atoms with Crippen LogP contribution in [0.25, 0.3) is 6.08 Å². The predicted molar refractivity (Wildman–Crippen MR) is 105 cm³/mol. The molecular weight excluding hydrogens is 408 g/mol. The molecule has 0 unspecified atom stereocenters. The summed E-state index contributed by atoms with van der Waals surface area (Å²) in [7, 11) is 2.78. The van der Waals surface area contributed by atoms with Crippen LogP contribution in [0.1, 0.15) is 5.56 Å². The number of aliphatic carboxylic acids is 1. The van der Waals surface area contributed by atoms with Gasteiger partial charge in [-0.1, -0.05) is 18.2 Å². The topological polar surface area (TPSA) is 134 Å². The fourth-order valence-corrected chi connectivity index (χ4v) is 2.87. The Morgan fingerprint density at radius 3 is 2.48 bits per heavy atom. The van der Waals surface area contributed by atoms with E-state index in [2.05, 4.69) is 5.32 Å². The summed E-state index contributed by atoms with van der Waals surface area (Å²) in [6.07, 6.45) is 1.20. The molecule has 0 radical (unpaired) electrons. The van der Waals surface area contributed by atoms with Gasteiger partial charge in [0.25, 0.3) is 11.8 Å². The van der Waals surface area contributed by atoms with Crippen molar-refractivity contribution in [2.45, 2.75) is 0 Å². The van der Waals surface area contributed by atoms with Crippen molar-refractivity contribution in [1.29, 1.82) is 0 Å². The van der Waals surface area contributed by atoms with E-state index in [1.807, 2.05) is 0 Å². The highest BCUT2D eigenvalue weighted by atomic mass is 16.5. The average Bonchev–Trinajstić information content (AvgIpc) is 2.75. The SMILES string of the molecule is COc1ccc(OC)c(N2C(=O)NC(=O)/C(=C/c3ccccc3OCC(=O)[O-])C2=O)c1. The largest absolute Gasteiger partial charge is 0.546 e. The number of para-hydroxylation sites is 1. The van der Waals surface area contributed by atoms with Gasteiger partial charge in [-0.15, -0.1) is 0 Å². The molecule has 2 aromatic rings. The first-order valence-corrected chi connectivity index (χ1v) is 8.91. The summed E-state index contributed by atoms with van der Waals surface area (Å²) in [5, 5.41) is 12.8. The maximum Gasteiger partial charge on any atom is 0.336 e. The van der Waals surface area contributed by atoms with E-state index in [-0.39, 0.29) is 28.3 Å².